The molecule has 1 amide bonds. The molecule has 0 aliphatic rings. The molecule has 0 saturated heterocycles. The van der Waals surface area contributed by atoms with Gasteiger partial charge in [0.1, 0.15) is 0 Å². The van der Waals surface area contributed by atoms with Crippen molar-refractivity contribution < 1.29 is 4.79 Å². The summed E-state index contributed by atoms with van der Waals surface area (Å²) in [4.78, 5) is 11.7. The molecule has 0 unspecified atom stereocenters. The van der Waals surface area contributed by atoms with Crippen LogP contribution in [-0.4, -0.2) is 15.7 Å². The maximum Gasteiger partial charge on any atom is 0.276 e. The Balaban J connectivity index is 2.13. The summed E-state index contributed by atoms with van der Waals surface area (Å²) in [5.41, 5.74) is 7.26. The van der Waals surface area contributed by atoms with Gasteiger partial charge in [-0.1, -0.05) is 6.07 Å². The van der Waals surface area contributed by atoms with Gasteiger partial charge in [-0.05, 0) is 24.3 Å². The summed E-state index contributed by atoms with van der Waals surface area (Å²) in [6.45, 7) is 0. The van der Waals surface area contributed by atoms with Gasteiger partial charge in [0, 0.05) is 24.6 Å². The minimum absolute atomic E-state index is 0.244. The van der Waals surface area contributed by atoms with Crippen LogP contribution >= 0.6 is 0 Å². The highest BCUT2D eigenvalue weighted by atomic mass is 16.1. The molecule has 0 fully saturated rings. The molecule has 0 atom stereocenters. The standard InChI is InChI=1S/C11H12N4O/c1-15-6-5-10(14-15)11(16)13-9-4-2-3-8(12)7-9/h2-7H,12H2,1H3,(H,13,16). The van der Waals surface area contributed by atoms with Crippen LogP contribution in [0.25, 0.3) is 0 Å². The molecule has 0 aliphatic carbocycles. The summed E-state index contributed by atoms with van der Waals surface area (Å²) in [5, 5.41) is 6.72. The molecule has 5 nitrogen and oxygen atoms in total. The monoisotopic (exact) mass is 216 g/mol. The molecule has 16 heavy (non-hydrogen) atoms. The van der Waals surface area contributed by atoms with Crippen LogP contribution in [0.4, 0.5) is 11.4 Å². The highest BCUT2D eigenvalue weighted by Gasteiger charge is 2.08. The fraction of sp³-hybridized carbons (Fsp3) is 0.0909. The molecule has 5 heteroatoms. The first-order valence-corrected chi connectivity index (χ1v) is 4.82. The molecule has 0 saturated carbocycles. The van der Waals surface area contributed by atoms with Gasteiger partial charge in [0.05, 0.1) is 0 Å². The Morgan fingerprint density at radius 3 is 2.88 bits per heavy atom. The number of carbonyl (C=O) groups is 1. The number of nitrogens with two attached hydrogens (primary N) is 1. The Morgan fingerprint density at radius 1 is 1.44 bits per heavy atom. The predicted octanol–water partition coefficient (Wildman–Crippen LogP) is 1.25. The summed E-state index contributed by atoms with van der Waals surface area (Å²) < 4.78 is 1.58. The zero-order valence-corrected chi connectivity index (χ0v) is 8.84. The SMILES string of the molecule is Cn1ccc(C(=O)Nc2cccc(N)c2)n1. The fourth-order valence-electron chi connectivity index (χ4n) is 1.35. The molecule has 0 radical (unpaired) electrons. The molecular formula is C11H12N4O. The van der Waals surface area contributed by atoms with E-state index in [0.29, 0.717) is 17.1 Å². The van der Waals surface area contributed by atoms with Gasteiger partial charge in [-0.3, -0.25) is 9.48 Å². The zero-order chi connectivity index (χ0) is 11.5. The minimum Gasteiger partial charge on any atom is -0.399 e. The van der Waals surface area contributed by atoms with E-state index in [1.807, 2.05) is 0 Å². The van der Waals surface area contributed by atoms with Crippen LogP contribution in [0, 0.1) is 0 Å². The van der Waals surface area contributed by atoms with Crippen molar-refractivity contribution >= 4 is 17.3 Å². The van der Waals surface area contributed by atoms with E-state index in [-0.39, 0.29) is 5.91 Å². The van der Waals surface area contributed by atoms with Crippen molar-refractivity contribution in [3.05, 3.63) is 42.2 Å². The van der Waals surface area contributed by atoms with Crippen LogP contribution in [0.2, 0.25) is 0 Å². The molecule has 0 bridgehead atoms. The second-order valence-electron chi connectivity index (χ2n) is 3.45. The topological polar surface area (TPSA) is 72.9 Å². The van der Waals surface area contributed by atoms with Crippen molar-refractivity contribution in [2.45, 2.75) is 0 Å². The number of nitrogens with one attached hydrogen (secondary N) is 1. The third-order valence-electron chi connectivity index (χ3n) is 2.09. The number of anilines is 2. The van der Waals surface area contributed by atoms with E-state index in [9.17, 15) is 4.79 Å². The number of aromatic nitrogens is 2. The smallest absolute Gasteiger partial charge is 0.276 e. The number of nitrogen functional groups attached to an aromatic ring is 1. The fourth-order valence-corrected chi connectivity index (χ4v) is 1.35. The predicted molar refractivity (Wildman–Crippen MR) is 62.0 cm³/mol. The van der Waals surface area contributed by atoms with Gasteiger partial charge in [-0.15, -0.1) is 0 Å². The van der Waals surface area contributed by atoms with Crippen LogP contribution in [-0.2, 0) is 7.05 Å². The van der Waals surface area contributed by atoms with Gasteiger partial charge in [-0.2, -0.15) is 5.10 Å². The largest absolute Gasteiger partial charge is 0.399 e. The molecular weight excluding hydrogens is 204 g/mol. The lowest BCUT2D eigenvalue weighted by Gasteiger charge is -2.03. The van der Waals surface area contributed by atoms with Crippen LogP contribution in [0.1, 0.15) is 10.5 Å². The molecule has 82 valence electrons. The van der Waals surface area contributed by atoms with Gasteiger partial charge in [0.2, 0.25) is 0 Å². The van der Waals surface area contributed by atoms with Gasteiger partial charge < -0.3 is 11.1 Å². The third-order valence-corrected chi connectivity index (χ3v) is 2.09. The Hall–Kier alpha value is -2.30. The number of rotatable bonds is 2. The first kappa shape index (κ1) is 10.2. The van der Waals surface area contributed by atoms with E-state index >= 15 is 0 Å². The molecule has 1 aromatic carbocycles. The Kier molecular flexibility index (Phi) is 2.59. The highest BCUT2D eigenvalue weighted by Crippen LogP contribution is 2.12. The van der Waals surface area contributed by atoms with E-state index in [1.165, 1.54) is 0 Å². The number of carbonyl (C=O) groups excluding carboxylic acids is 1. The van der Waals surface area contributed by atoms with Crippen molar-refractivity contribution in [3.63, 3.8) is 0 Å². The molecule has 0 aliphatic heterocycles. The molecule has 3 N–H and O–H groups in total. The Morgan fingerprint density at radius 2 is 2.25 bits per heavy atom. The minimum atomic E-state index is -0.244. The number of hydrogen-bond acceptors (Lipinski definition) is 3. The van der Waals surface area contributed by atoms with Gasteiger partial charge in [-0.25, -0.2) is 0 Å². The maximum absolute atomic E-state index is 11.7. The van der Waals surface area contributed by atoms with E-state index in [1.54, 1.807) is 48.3 Å². The lowest BCUT2D eigenvalue weighted by molar-refractivity contribution is 0.102. The van der Waals surface area contributed by atoms with E-state index in [4.69, 9.17) is 5.73 Å². The van der Waals surface area contributed by atoms with Gasteiger partial charge in [0.15, 0.2) is 5.69 Å². The number of hydrogen-bond donors (Lipinski definition) is 2. The summed E-state index contributed by atoms with van der Waals surface area (Å²) >= 11 is 0. The van der Waals surface area contributed by atoms with Crippen molar-refractivity contribution in [2.24, 2.45) is 7.05 Å². The molecule has 0 spiro atoms. The number of aryl methyl sites for hydroxylation is 1. The first-order valence-electron chi connectivity index (χ1n) is 4.82. The molecule has 2 aromatic rings. The van der Waals surface area contributed by atoms with Crippen LogP contribution in [0.15, 0.2) is 36.5 Å². The van der Waals surface area contributed by atoms with Crippen LogP contribution in [0.3, 0.4) is 0 Å². The summed E-state index contributed by atoms with van der Waals surface area (Å²) in [6.07, 6.45) is 1.72. The highest BCUT2D eigenvalue weighted by molar-refractivity contribution is 6.02. The summed E-state index contributed by atoms with van der Waals surface area (Å²) in [6, 6.07) is 8.67. The van der Waals surface area contributed by atoms with E-state index < -0.39 is 0 Å². The number of amides is 1. The Labute approximate surface area is 92.9 Å². The summed E-state index contributed by atoms with van der Waals surface area (Å²) in [5.74, 6) is -0.244. The van der Waals surface area contributed by atoms with Crippen molar-refractivity contribution in [3.8, 4) is 0 Å². The van der Waals surface area contributed by atoms with Crippen molar-refractivity contribution in [2.75, 3.05) is 11.1 Å². The first-order chi connectivity index (χ1) is 7.65. The quantitative estimate of drug-likeness (QED) is 0.742. The number of nitrogens with zero attached hydrogens (tertiary/aromatic N) is 2. The number of benzene rings is 1. The molecule has 2 rings (SSSR count). The average molecular weight is 216 g/mol. The zero-order valence-electron chi connectivity index (χ0n) is 8.84. The Bertz CT molecular complexity index is 518. The second-order valence-corrected chi connectivity index (χ2v) is 3.45. The average Bonchev–Trinajstić information content (AvgIpc) is 2.65. The van der Waals surface area contributed by atoms with Gasteiger partial charge >= 0.3 is 0 Å². The van der Waals surface area contributed by atoms with Crippen LogP contribution < -0.4 is 11.1 Å². The molecule has 1 heterocycles. The van der Waals surface area contributed by atoms with E-state index in [0.717, 1.165) is 0 Å². The third kappa shape index (κ3) is 2.20. The van der Waals surface area contributed by atoms with Crippen molar-refractivity contribution in [1.82, 2.24) is 9.78 Å². The second kappa shape index (κ2) is 4.06. The lowest BCUT2D eigenvalue weighted by atomic mass is 10.3. The van der Waals surface area contributed by atoms with Crippen LogP contribution in [0.5, 0.6) is 0 Å². The lowest BCUT2D eigenvalue weighted by Crippen LogP contribution is -2.13. The van der Waals surface area contributed by atoms with E-state index in [2.05, 4.69) is 10.4 Å². The maximum atomic E-state index is 11.7. The van der Waals surface area contributed by atoms with Crippen molar-refractivity contribution in [1.29, 1.82) is 0 Å². The molecule has 1 aromatic heterocycles. The van der Waals surface area contributed by atoms with Gasteiger partial charge in [0.25, 0.3) is 5.91 Å². The summed E-state index contributed by atoms with van der Waals surface area (Å²) in [7, 11) is 1.76. The normalized spacial score (nSPS) is 10.1.